The molecule has 1 N–H and O–H groups in total. The van der Waals surface area contributed by atoms with Crippen LogP contribution in [0.4, 0.5) is 14.6 Å². The molecule has 1 aromatic heterocycles. The van der Waals surface area contributed by atoms with Crippen molar-refractivity contribution in [1.29, 1.82) is 0 Å². The Bertz CT molecular complexity index is 1070. The molecule has 28 heavy (non-hydrogen) atoms. The van der Waals surface area contributed by atoms with Gasteiger partial charge >= 0.3 is 6.29 Å². The normalized spacial score (nSPS) is 14.0. The zero-order chi connectivity index (χ0) is 19.9. The molecule has 2 heterocycles. The van der Waals surface area contributed by atoms with Crippen molar-refractivity contribution in [3.8, 4) is 22.6 Å². The molecule has 0 radical (unpaired) electrons. The van der Waals surface area contributed by atoms with Gasteiger partial charge in [-0.25, -0.2) is 4.98 Å². The molecule has 0 bridgehead atoms. The summed E-state index contributed by atoms with van der Waals surface area (Å²) in [6.45, 7) is 1.90. The second-order valence-electron chi connectivity index (χ2n) is 6.20. The number of alkyl halides is 2. The predicted molar refractivity (Wildman–Crippen MR) is 100 cm³/mol. The van der Waals surface area contributed by atoms with Gasteiger partial charge in [0.05, 0.1) is 5.02 Å². The highest BCUT2D eigenvalue weighted by molar-refractivity contribution is 6.33. The summed E-state index contributed by atoms with van der Waals surface area (Å²) in [7, 11) is 0. The first kappa shape index (κ1) is 18.2. The van der Waals surface area contributed by atoms with Gasteiger partial charge in [-0.1, -0.05) is 29.3 Å². The van der Waals surface area contributed by atoms with Crippen molar-refractivity contribution in [1.82, 2.24) is 4.98 Å². The lowest BCUT2D eigenvalue weighted by atomic mass is 10.1. The largest absolute Gasteiger partial charge is 0.586 e. The Morgan fingerprint density at radius 1 is 1.11 bits per heavy atom. The first-order chi connectivity index (χ1) is 13.3. The lowest BCUT2D eigenvalue weighted by Gasteiger charge is -2.08. The summed E-state index contributed by atoms with van der Waals surface area (Å²) in [6.07, 6.45) is -2.24. The minimum Gasteiger partial charge on any atom is -0.395 e. The first-order valence-corrected chi connectivity index (χ1v) is 8.62. The molecule has 0 aliphatic carbocycles. The molecule has 3 aromatic rings. The van der Waals surface area contributed by atoms with E-state index >= 15 is 0 Å². The molecule has 1 aliphatic heterocycles. The highest BCUT2D eigenvalue weighted by Crippen LogP contribution is 2.45. The molecule has 142 valence electrons. The van der Waals surface area contributed by atoms with E-state index in [-0.39, 0.29) is 22.4 Å². The van der Waals surface area contributed by atoms with Gasteiger partial charge in [0, 0.05) is 29.0 Å². The van der Waals surface area contributed by atoms with E-state index in [0.29, 0.717) is 22.5 Å². The Morgan fingerprint density at radius 3 is 2.54 bits per heavy atom. The van der Waals surface area contributed by atoms with Crippen molar-refractivity contribution in [3.63, 3.8) is 0 Å². The molecular weight excluding hydrogens is 390 g/mol. The van der Waals surface area contributed by atoms with E-state index < -0.39 is 6.29 Å². The van der Waals surface area contributed by atoms with Crippen LogP contribution in [0.15, 0.2) is 54.7 Å². The molecule has 0 unspecified atom stereocenters. The molecule has 1 aliphatic rings. The van der Waals surface area contributed by atoms with Crippen molar-refractivity contribution >= 4 is 23.3 Å². The number of anilines is 1. The fourth-order valence-electron chi connectivity index (χ4n) is 2.79. The number of hydrogen-bond donors (Lipinski definition) is 1. The minimum atomic E-state index is -3.72. The van der Waals surface area contributed by atoms with Crippen molar-refractivity contribution < 1.29 is 23.0 Å². The highest BCUT2D eigenvalue weighted by atomic mass is 35.5. The van der Waals surface area contributed by atoms with E-state index in [1.54, 1.807) is 30.3 Å². The average Bonchev–Trinajstić information content (AvgIpc) is 2.94. The Morgan fingerprint density at radius 2 is 1.86 bits per heavy atom. The average molecular weight is 403 g/mol. The maximum atomic E-state index is 13.2. The Kier molecular flexibility index (Phi) is 4.39. The third-order valence-corrected chi connectivity index (χ3v) is 4.40. The predicted octanol–water partition coefficient (Wildman–Crippen LogP) is 5.28. The number of pyridine rings is 1. The van der Waals surface area contributed by atoms with E-state index in [9.17, 15) is 13.6 Å². The molecule has 5 nitrogen and oxygen atoms in total. The number of nitrogens with zero attached hydrogens (tertiary/aromatic N) is 1. The fourth-order valence-corrected chi connectivity index (χ4v) is 3.06. The number of rotatable bonds is 3. The molecule has 0 atom stereocenters. The van der Waals surface area contributed by atoms with Crippen molar-refractivity contribution in [3.05, 3.63) is 70.9 Å². The molecule has 0 fully saturated rings. The fraction of sp³-hybridized carbons (Fsp3) is 0.100. The maximum Gasteiger partial charge on any atom is 0.586 e. The molecule has 4 rings (SSSR count). The van der Waals surface area contributed by atoms with E-state index in [1.807, 2.05) is 13.0 Å². The van der Waals surface area contributed by atoms with Crippen LogP contribution in [-0.4, -0.2) is 17.2 Å². The van der Waals surface area contributed by atoms with E-state index in [4.69, 9.17) is 11.6 Å². The van der Waals surface area contributed by atoms with E-state index in [1.165, 1.54) is 18.3 Å². The lowest BCUT2D eigenvalue weighted by Crippen LogP contribution is -2.25. The number of nitrogens with one attached hydrogen (secondary N) is 1. The van der Waals surface area contributed by atoms with Gasteiger partial charge in [0.1, 0.15) is 5.82 Å². The van der Waals surface area contributed by atoms with Crippen LogP contribution in [0.2, 0.25) is 5.02 Å². The molecule has 0 spiro atoms. The molecule has 8 heteroatoms. The lowest BCUT2D eigenvalue weighted by molar-refractivity contribution is -0.286. The number of benzene rings is 2. The Balaban J connectivity index is 1.55. The number of aromatic nitrogens is 1. The number of fused-ring (bicyclic) bond motifs is 1. The van der Waals surface area contributed by atoms with Crippen LogP contribution in [0, 0.1) is 6.92 Å². The standard InChI is InChI=1S/C20H13ClF2N2O3/c1-11-3-2-4-12(7-11)19(26)25-18-6-5-13(10-24-18)14-8-16-17(9-15(14)21)28-20(22,23)27-16/h2-10H,1H3,(H,24,25,26). The summed E-state index contributed by atoms with van der Waals surface area (Å²) in [5.74, 6) is -0.180. The Labute approximate surface area is 163 Å². The zero-order valence-corrected chi connectivity index (χ0v) is 15.3. The van der Waals surface area contributed by atoms with Crippen LogP contribution in [0.3, 0.4) is 0 Å². The third kappa shape index (κ3) is 3.61. The Hall–Kier alpha value is -3.19. The number of ether oxygens (including phenoxy) is 2. The number of halogens is 3. The summed E-state index contributed by atoms with van der Waals surface area (Å²) in [5, 5.41) is 2.91. The number of carbonyl (C=O) groups excluding carboxylic acids is 1. The molecule has 2 aromatic carbocycles. The SMILES string of the molecule is Cc1cccc(C(=O)Nc2ccc(-c3cc4c(cc3Cl)OC(F)(F)O4)cn2)c1. The van der Waals surface area contributed by atoms with Crippen LogP contribution in [0.5, 0.6) is 11.5 Å². The highest BCUT2D eigenvalue weighted by Gasteiger charge is 2.43. The maximum absolute atomic E-state index is 13.2. The summed E-state index contributed by atoms with van der Waals surface area (Å²) in [5.41, 5.74) is 2.51. The number of carbonyl (C=O) groups is 1. The quantitative estimate of drug-likeness (QED) is 0.647. The van der Waals surface area contributed by atoms with Gasteiger partial charge in [0.15, 0.2) is 11.5 Å². The van der Waals surface area contributed by atoms with Gasteiger partial charge in [-0.15, -0.1) is 8.78 Å². The smallest absolute Gasteiger partial charge is 0.395 e. The van der Waals surface area contributed by atoms with Crippen molar-refractivity contribution in [2.75, 3.05) is 5.32 Å². The van der Waals surface area contributed by atoms with E-state index in [2.05, 4.69) is 19.8 Å². The van der Waals surface area contributed by atoms with Gasteiger partial charge in [-0.2, -0.15) is 0 Å². The monoisotopic (exact) mass is 402 g/mol. The molecular formula is C20H13ClF2N2O3. The zero-order valence-electron chi connectivity index (χ0n) is 14.5. The second-order valence-corrected chi connectivity index (χ2v) is 6.61. The summed E-state index contributed by atoms with van der Waals surface area (Å²) < 4.78 is 35.2. The van der Waals surface area contributed by atoms with Gasteiger partial charge in [0.25, 0.3) is 5.91 Å². The van der Waals surface area contributed by atoms with Gasteiger partial charge in [0.2, 0.25) is 0 Å². The second kappa shape index (κ2) is 6.76. The molecule has 1 amide bonds. The van der Waals surface area contributed by atoms with Crippen LogP contribution in [0.25, 0.3) is 11.1 Å². The summed E-state index contributed by atoms with van der Waals surface area (Å²) in [4.78, 5) is 16.5. The van der Waals surface area contributed by atoms with Crippen LogP contribution >= 0.6 is 11.6 Å². The molecule has 0 saturated carbocycles. The van der Waals surface area contributed by atoms with Crippen LogP contribution < -0.4 is 14.8 Å². The first-order valence-electron chi connectivity index (χ1n) is 8.24. The van der Waals surface area contributed by atoms with E-state index in [0.717, 1.165) is 5.56 Å². The number of hydrogen-bond acceptors (Lipinski definition) is 4. The minimum absolute atomic E-state index is 0.110. The third-order valence-electron chi connectivity index (χ3n) is 4.09. The molecule has 0 saturated heterocycles. The van der Waals surface area contributed by atoms with Gasteiger partial charge in [-0.3, -0.25) is 4.79 Å². The number of aryl methyl sites for hydroxylation is 1. The van der Waals surface area contributed by atoms with Crippen LogP contribution in [-0.2, 0) is 0 Å². The van der Waals surface area contributed by atoms with Crippen molar-refractivity contribution in [2.45, 2.75) is 13.2 Å². The van der Waals surface area contributed by atoms with Gasteiger partial charge < -0.3 is 14.8 Å². The topological polar surface area (TPSA) is 60.5 Å². The van der Waals surface area contributed by atoms with Crippen LogP contribution in [0.1, 0.15) is 15.9 Å². The summed E-state index contributed by atoms with van der Waals surface area (Å²) in [6, 6.07) is 13.1. The number of amides is 1. The van der Waals surface area contributed by atoms with Gasteiger partial charge in [-0.05, 0) is 37.3 Å². The van der Waals surface area contributed by atoms with Crippen molar-refractivity contribution in [2.24, 2.45) is 0 Å². The summed E-state index contributed by atoms with van der Waals surface area (Å²) >= 11 is 6.18.